The van der Waals surface area contributed by atoms with Gasteiger partial charge in [-0.3, -0.25) is 4.72 Å². The van der Waals surface area contributed by atoms with Crippen LogP contribution in [0.15, 0.2) is 60.7 Å². The first kappa shape index (κ1) is 19.7. The van der Waals surface area contributed by atoms with E-state index < -0.39 is 15.5 Å². The summed E-state index contributed by atoms with van der Waals surface area (Å²) in [6.45, 7) is 0.332. The highest BCUT2D eigenvalue weighted by atomic mass is 127. The van der Waals surface area contributed by atoms with E-state index in [4.69, 9.17) is 4.74 Å². The minimum atomic E-state index is -5.46. The zero-order chi connectivity index (χ0) is 19.7. The molecule has 142 valence electrons. The maximum Gasteiger partial charge on any atom is 0.516 e. The monoisotopic (exact) mass is 507 g/mol. The van der Waals surface area contributed by atoms with E-state index in [0.29, 0.717) is 23.1 Å². The molecule has 0 heterocycles. The molecule has 1 N–H and O–H groups in total. The van der Waals surface area contributed by atoms with Crippen LogP contribution < -0.4 is 9.46 Å². The van der Waals surface area contributed by atoms with Gasteiger partial charge in [0.1, 0.15) is 12.4 Å². The molecule has 0 spiro atoms. The first-order chi connectivity index (χ1) is 12.7. The second-order valence-corrected chi connectivity index (χ2v) is 8.58. The van der Waals surface area contributed by atoms with Crippen molar-refractivity contribution in [3.05, 3.63) is 69.8 Å². The number of alkyl halides is 3. The van der Waals surface area contributed by atoms with Gasteiger partial charge in [0, 0.05) is 14.6 Å². The Kier molecular flexibility index (Phi) is 5.52. The van der Waals surface area contributed by atoms with Crippen molar-refractivity contribution in [3.63, 3.8) is 0 Å². The van der Waals surface area contributed by atoms with E-state index in [0.717, 1.165) is 9.13 Å². The van der Waals surface area contributed by atoms with Gasteiger partial charge in [0.05, 0.1) is 0 Å². The summed E-state index contributed by atoms with van der Waals surface area (Å²) in [6, 6.07) is 17.0. The Bertz CT molecular complexity index is 1070. The normalized spacial score (nSPS) is 12.1. The first-order valence-electron chi connectivity index (χ1n) is 7.65. The molecule has 0 aromatic heterocycles. The van der Waals surface area contributed by atoms with Crippen LogP contribution in [0.25, 0.3) is 10.8 Å². The van der Waals surface area contributed by atoms with Gasteiger partial charge in [-0.15, -0.1) is 0 Å². The maximum absolute atomic E-state index is 12.5. The van der Waals surface area contributed by atoms with Gasteiger partial charge in [-0.05, 0) is 69.9 Å². The Morgan fingerprint density at radius 2 is 1.70 bits per heavy atom. The molecule has 3 rings (SSSR count). The van der Waals surface area contributed by atoms with Crippen molar-refractivity contribution >= 4 is 49.1 Å². The Hall–Kier alpha value is -2.01. The van der Waals surface area contributed by atoms with Gasteiger partial charge in [-0.1, -0.05) is 24.3 Å². The summed E-state index contributed by atoms with van der Waals surface area (Å²) < 4.78 is 68.5. The van der Waals surface area contributed by atoms with Crippen molar-refractivity contribution in [2.75, 3.05) is 4.72 Å². The number of halogens is 4. The highest BCUT2D eigenvalue weighted by molar-refractivity contribution is 14.1. The average molecular weight is 507 g/mol. The van der Waals surface area contributed by atoms with Crippen LogP contribution in [0.1, 0.15) is 5.56 Å². The van der Waals surface area contributed by atoms with E-state index in [9.17, 15) is 21.6 Å². The predicted molar refractivity (Wildman–Crippen MR) is 106 cm³/mol. The van der Waals surface area contributed by atoms with Crippen molar-refractivity contribution in [1.82, 2.24) is 0 Å². The summed E-state index contributed by atoms with van der Waals surface area (Å²) >= 11 is 2.20. The molecule has 0 aliphatic rings. The van der Waals surface area contributed by atoms with Gasteiger partial charge < -0.3 is 4.74 Å². The number of fused-ring (bicyclic) bond motifs is 1. The lowest BCUT2D eigenvalue weighted by Gasteiger charge is -2.13. The van der Waals surface area contributed by atoms with Gasteiger partial charge in [0.2, 0.25) is 0 Å². The van der Waals surface area contributed by atoms with Crippen LogP contribution >= 0.6 is 22.6 Å². The number of rotatable bonds is 5. The van der Waals surface area contributed by atoms with Gasteiger partial charge >= 0.3 is 15.5 Å². The van der Waals surface area contributed by atoms with Crippen molar-refractivity contribution in [2.45, 2.75) is 12.1 Å². The van der Waals surface area contributed by atoms with E-state index in [2.05, 4.69) is 22.6 Å². The molecular weight excluding hydrogens is 494 g/mol. The van der Waals surface area contributed by atoms with Gasteiger partial charge in [0.25, 0.3) is 0 Å². The van der Waals surface area contributed by atoms with E-state index in [1.165, 1.54) is 22.9 Å². The number of ether oxygens (including phenoxy) is 1. The van der Waals surface area contributed by atoms with Gasteiger partial charge in [-0.2, -0.15) is 21.6 Å². The van der Waals surface area contributed by atoms with Crippen molar-refractivity contribution < 1.29 is 26.3 Å². The third-order valence-corrected chi connectivity index (χ3v) is 5.54. The Morgan fingerprint density at radius 1 is 1.00 bits per heavy atom. The van der Waals surface area contributed by atoms with Crippen LogP contribution in [0.2, 0.25) is 0 Å². The molecule has 3 aromatic rings. The summed E-state index contributed by atoms with van der Waals surface area (Å²) in [6.07, 6.45) is 0. The van der Waals surface area contributed by atoms with E-state index in [1.54, 1.807) is 18.2 Å². The fourth-order valence-corrected chi connectivity index (χ4v) is 3.31. The van der Waals surface area contributed by atoms with Crippen LogP contribution in [-0.2, 0) is 16.6 Å². The fraction of sp³-hybridized carbons (Fsp3) is 0.111. The molecule has 0 aliphatic heterocycles. The van der Waals surface area contributed by atoms with E-state index in [1.807, 2.05) is 24.3 Å². The average Bonchev–Trinajstić information content (AvgIpc) is 2.59. The number of benzene rings is 3. The number of anilines is 1. The fourth-order valence-electron chi connectivity index (χ4n) is 2.40. The SMILES string of the molecule is O=S(=O)(Nc1ccc2c(OCc3ccc(I)cc3)cccc2c1)C(F)(F)F. The van der Waals surface area contributed by atoms with E-state index in [-0.39, 0.29) is 5.69 Å². The lowest BCUT2D eigenvalue weighted by Crippen LogP contribution is -2.29. The van der Waals surface area contributed by atoms with Crippen LogP contribution in [-0.4, -0.2) is 13.9 Å². The van der Waals surface area contributed by atoms with Crippen LogP contribution in [0.5, 0.6) is 5.75 Å². The van der Waals surface area contributed by atoms with E-state index >= 15 is 0 Å². The third-order valence-electron chi connectivity index (χ3n) is 3.70. The zero-order valence-electron chi connectivity index (χ0n) is 13.6. The summed E-state index contributed by atoms with van der Waals surface area (Å²) in [5.41, 5.74) is -4.57. The number of nitrogens with one attached hydrogen (secondary N) is 1. The molecule has 9 heteroatoms. The number of hydrogen-bond acceptors (Lipinski definition) is 3. The highest BCUT2D eigenvalue weighted by Gasteiger charge is 2.46. The predicted octanol–water partition coefficient (Wildman–Crippen LogP) is 5.28. The second kappa shape index (κ2) is 7.55. The Balaban J connectivity index is 1.84. The third kappa shape index (κ3) is 4.64. The summed E-state index contributed by atoms with van der Waals surface area (Å²) in [7, 11) is -5.46. The summed E-state index contributed by atoms with van der Waals surface area (Å²) in [5.74, 6) is 0.552. The van der Waals surface area contributed by atoms with Crippen molar-refractivity contribution in [2.24, 2.45) is 0 Å². The molecule has 0 aliphatic carbocycles. The highest BCUT2D eigenvalue weighted by Crippen LogP contribution is 2.31. The van der Waals surface area contributed by atoms with Gasteiger partial charge in [0.15, 0.2) is 0 Å². The molecule has 0 bridgehead atoms. The summed E-state index contributed by atoms with van der Waals surface area (Å²) in [5, 5.41) is 1.22. The standard InChI is InChI=1S/C18H13F3INO3S/c19-18(20,21)27(24,25)23-15-8-9-16-13(10-15)2-1-3-17(16)26-11-12-4-6-14(22)7-5-12/h1-10,23H,11H2. The van der Waals surface area contributed by atoms with Crippen LogP contribution in [0.3, 0.4) is 0 Å². The topological polar surface area (TPSA) is 55.4 Å². The van der Waals surface area contributed by atoms with Crippen molar-refractivity contribution in [3.8, 4) is 5.75 Å². The molecule has 0 fully saturated rings. The molecule has 0 saturated carbocycles. The summed E-state index contributed by atoms with van der Waals surface area (Å²) in [4.78, 5) is 0. The maximum atomic E-state index is 12.5. The molecule has 0 radical (unpaired) electrons. The molecule has 3 aromatic carbocycles. The quantitative estimate of drug-likeness (QED) is 0.478. The lowest BCUT2D eigenvalue weighted by atomic mass is 10.1. The number of sulfonamides is 1. The molecule has 4 nitrogen and oxygen atoms in total. The smallest absolute Gasteiger partial charge is 0.488 e. The molecule has 0 amide bonds. The largest absolute Gasteiger partial charge is 0.516 e. The molecule has 0 unspecified atom stereocenters. The minimum absolute atomic E-state index is 0.172. The zero-order valence-corrected chi connectivity index (χ0v) is 16.6. The Morgan fingerprint density at radius 3 is 2.37 bits per heavy atom. The second-order valence-electron chi connectivity index (χ2n) is 5.66. The molecule has 0 saturated heterocycles. The lowest BCUT2D eigenvalue weighted by molar-refractivity contribution is -0.0429. The Labute approximate surface area is 167 Å². The molecular formula is C18H13F3INO3S. The van der Waals surface area contributed by atoms with Crippen LogP contribution in [0.4, 0.5) is 18.9 Å². The van der Waals surface area contributed by atoms with Gasteiger partial charge in [-0.25, -0.2) is 0 Å². The number of hydrogen-bond donors (Lipinski definition) is 1. The van der Waals surface area contributed by atoms with Crippen LogP contribution in [0, 0.1) is 3.57 Å². The minimum Gasteiger partial charge on any atom is -0.488 e. The first-order valence-corrected chi connectivity index (χ1v) is 10.2. The molecule has 0 atom stereocenters. The molecule has 27 heavy (non-hydrogen) atoms. The van der Waals surface area contributed by atoms with Crippen molar-refractivity contribution in [1.29, 1.82) is 0 Å².